The van der Waals surface area contributed by atoms with Gasteiger partial charge in [-0.25, -0.2) is 4.79 Å². The number of carbonyl (C=O) groups excluding carboxylic acids is 3. The molecule has 0 aliphatic heterocycles. The zero-order valence-corrected chi connectivity index (χ0v) is 38.9. The van der Waals surface area contributed by atoms with Gasteiger partial charge in [0.25, 0.3) is 0 Å². The number of unbranched alkanes of at least 4 members (excludes halogenated alkanes) is 2. The molecule has 0 aliphatic carbocycles. The molecule has 2 atom stereocenters. The zero-order valence-electron chi connectivity index (χ0n) is 36.7. The number of nitrogens with zero attached hydrogens (tertiary/aromatic N) is 2. The Morgan fingerprint density at radius 3 is 1.83 bits per heavy atom. The molecular weight excluding hydrogens is 981 g/mol. The first-order valence-electron chi connectivity index (χ1n) is 21.6. The van der Waals surface area contributed by atoms with Gasteiger partial charge in [0.2, 0.25) is 17.7 Å². The highest BCUT2D eigenvalue weighted by Gasteiger charge is 2.26. The summed E-state index contributed by atoms with van der Waals surface area (Å²) in [6.45, 7) is 1.03. The van der Waals surface area contributed by atoms with E-state index in [2.05, 4.69) is 16.0 Å². The highest BCUT2D eigenvalue weighted by Crippen LogP contribution is 2.28. The maximum atomic E-state index is 12.7. The molecule has 0 fully saturated rings. The molecule has 0 unspecified atom stereocenters. The number of hydrogen-bond donors (Lipinski definition) is 11. The maximum Gasteiger partial charge on any atom is 0.326 e. The molecule has 0 saturated heterocycles. The largest absolute Gasteiger partial charge is 0.508 e. The summed E-state index contributed by atoms with van der Waals surface area (Å²) in [5.74, 6) is -8.33. The lowest BCUT2D eigenvalue weighted by atomic mass is 9.97. The molecule has 2 aromatic rings. The van der Waals surface area contributed by atoms with E-state index in [4.69, 9.17) is 10.2 Å². The molecule has 2 aromatic carbocycles. The number of aliphatic hydroxyl groups is 1. The molecule has 22 heteroatoms. The second-order valence-corrected chi connectivity index (χ2v) is 17.0. The highest BCUT2D eigenvalue weighted by molar-refractivity contribution is 14.1. The van der Waals surface area contributed by atoms with Gasteiger partial charge in [-0.2, -0.15) is 0 Å². The number of halogens is 1. The topological polar surface area (TPSA) is 341 Å². The van der Waals surface area contributed by atoms with Crippen LogP contribution in [0.25, 0.3) is 0 Å². The first-order valence-corrected chi connectivity index (χ1v) is 22.7. The standard InChI is InChI=1S/C44H62IN5O16/c45-33-23-29(22-32(42(33)62)26-50(27-41(60)61)18-17-49(19-20-51)25-31-21-28(7-11-35(31)52)9-13-39(56)57)8-12-37(54)47-16-4-2-6-36(53)46-15-3-1-5-30(43(63)64)24-38(55)48-34(44(65)66)10-14-40(58)59/h7,11,21-23,30,34,51-52,62H,1-6,8-10,12-20,24-27H2,(H,46,53)(H,47,54)(H,48,55)(H,56,57)(H,58,59)(H,60,61)(H,63,64)(H,65,66)/t30-,34+/m1/s1. The molecule has 2 rings (SSSR count). The number of nitrogens with one attached hydrogen (secondary N) is 3. The minimum absolute atomic E-state index is 0.00329. The van der Waals surface area contributed by atoms with Crippen LogP contribution in [0.3, 0.4) is 0 Å². The summed E-state index contributed by atoms with van der Waals surface area (Å²) in [7, 11) is 0. The van der Waals surface area contributed by atoms with E-state index in [1.54, 1.807) is 29.2 Å². The number of aliphatic hydroxyl groups excluding tert-OH is 1. The van der Waals surface area contributed by atoms with Crippen LogP contribution >= 0.6 is 22.6 Å². The summed E-state index contributed by atoms with van der Waals surface area (Å²) < 4.78 is 0.517. The summed E-state index contributed by atoms with van der Waals surface area (Å²) in [4.78, 5) is 97.3. The van der Waals surface area contributed by atoms with Crippen LogP contribution in [-0.4, -0.2) is 150 Å². The van der Waals surface area contributed by atoms with Crippen LogP contribution in [0.1, 0.15) is 92.9 Å². The van der Waals surface area contributed by atoms with Gasteiger partial charge in [-0.05, 0) is 90.8 Å². The summed E-state index contributed by atoms with van der Waals surface area (Å²) in [6, 6.07) is 6.84. The number of aliphatic carboxylic acids is 5. The Balaban J connectivity index is 1.79. The molecule has 11 N–H and O–H groups in total. The summed E-state index contributed by atoms with van der Waals surface area (Å²) in [6.07, 6.45) is 1.44. The van der Waals surface area contributed by atoms with Gasteiger partial charge in [0.1, 0.15) is 17.5 Å². The van der Waals surface area contributed by atoms with Crippen molar-refractivity contribution >= 4 is 70.2 Å². The number of aromatic hydroxyl groups is 2. The molecule has 0 saturated carbocycles. The number of aryl methyl sites for hydroxylation is 2. The molecule has 366 valence electrons. The Morgan fingerprint density at radius 2 is 1.21 bits per heavy atom. The monoisotopic (exact) mass is 1040 g/mol. The lowest BCUT2D eigenvalue weighted by Crippen LogP contribution is -2.42. The van der Waals surface area contributed by atoms with Crippen molar-refractivity contribution in [2.24, 2.45) is 5.92 Å². The lowest BCUT2D eigenvalue weighted by Gasteiger charge is -2.27. The first kappa shape index (κ1) is 56.5. The van der Waals surface area contributed by atoms with Crippen molar-refractivity contribution in [3.8, 4) is 11.5 Å². The van der Waals surface area contributed by atoms with E-state index in [-0.39, 0.29) is 108 Å². The van der Waals surface area contributed by atoms with Crippen LogP contribution in [0.2, 0.25) is 0 Å². The number of hydrogen-bond acceptors (Lipinski definition) is 13. The third-order valence-corrected chi connectivity index (χ3v) is 11.2. The van der Waals surface area contributed by atoms with E-state index in [1.807, 2.05) is 27.5 Å². The van der Waals surface area contributed by atoms with Gasteiger partial charge in [0, 0.05) is 89.0 Å². The highest BCUT2D eigenvalue weighted by atomic mass is 127. The Bertz CT molecular complexity index is 1970. The van der Waals surface area contributed by atoms with E-state index in [0.29, 0.717) is 59.9 Å². The second kappa shape index (κ2) is 30.6. The van der Waals surface area contributed by atoms with Crippen molar-refractivity contribution in [2.75, 3.05) is 45.9 Å². The second-order valence-electron chi connectivity index (χ2n) is 15.8. The molecule has 66 heavy (non-hydrogen) atoms. The van der Waals surface area contributed by atoms with E-state index in [9.17, 15) is 69.0 Å². The van der Waals surface area contributed by atoms with Crippen molar-refractivity contribution in [3.63, 3.8) is 0 Å². The molecule has 0 heterocycles. The van der Waals surface area contributed by atoms with Crippen LogP contribution in [-0.2, 0) is 64.3 Å². The third-order valence-electron chi connectivity index (χ3n) is 10.4. The SMILES string of the molecule is O=C(O)CCc1ccc(O)c(CN(CCO)CCN(CC(=O)O)Cc2cc(CCC(=O)NCCCCC(=O)NCCCC[C@H](CC(=O)N[C@@H](CCC(=O)O)C(=O)O)C(=O)O)cc(I)c2O)c1. The van der Waals surface area contributed by atoms with Gasteiger partial charge in [0.05, 0.1) is 22.6 Å². The van der Waals surface area contributed by atoms with Crippen LogP contribution < -0.4 is 16.0 Å². The quantitative estimate of drug-likeness (QED) is 0.0348. The minimum atomic E-state index is -1.46. The lowest BCUT2D eigenvalue weighted by molar-refractivity contribution is -0.145. The predicted molar refractivity (Wildman–Crippen MR) is 244 cm³/mol. The molecule has 0 aromatic heterocycles. The van der Waals surface area contributed by atoms with Gasteiger partial charge in [-0.15, -0.1) is 0 Å². The number of carboxylic acids is 5. The van der Waals surface area contributed by atoms with Crippen LogP contribution in [0.4, 0.5) is 0 Å². The minimum Gasteiger partial charge on any atom is -0.508 e. The molecule has 0 spiro atoms. The summed E-state index contributed by atoms with van der Waals surface area (Å²) in [5, 5.41) is 85.1. The van der Waals surface area contributed by atoms with Gasteiger partial charge in [-0.3, -0.25) is 43.4 Å². The van der Waals surface area contributed by atoms with Crippen LogP contribution in [0.15, 0.2) is 30.3 Å². The normalized spacial score (nSPS) is 12.1. The fraction of sp³-hybridized carbons (Fsp3) is 0.545. The molecule has 0 radical (unpaired) electrons. The van der Waals surface area contributed by atoms with E-state index in [0.717, 1.165) is 11.1 Å². The van der Waals surface area contributed by atoms with Gasteiger partial charge < -0.3 is 56.8 Å². The molecular formula is C44H62IN5O16. The van der Waals surface area contributed by atoms with Crippen molar-refractivity contribution in [1.82, 2.24) is 25.8 Å². The van der Waals surface area contributed by atoms with Gasteiger partial charge in [-0.1, -0.05) is 24.6 Å². The Kier molecular flexibility index (Phi) is 26.2. The average Bonchev–Trinajstić information content (AvgIpc) is 3.24. The summed E-state index contributed by atoms with van der Waals surface area (Å²) in [5.41, 5.74) is 2.46. The first-order chi connectivity index (χ1) is 31.3. The molecule has 0 aliphatic rings. The molecule has 0 bridgehead atoms. The number of phenolic OH excluding ortho intramolecular Hbond substituents is 2. The van der Waals surface area contributed by atoms with E-state index < -0.39 is 60.6 Å². The summed E-state index contributed by atoms with van der Waals surface area (Å²) >= 11 is 1.97. The van der Waals surface area contributed by atoms with Crippen molar-refractivity contribution in [3.05, 3.63) is 56.2 Å². The number of carboxylic acid groups (broad SMARTS) is 5. The Morgan fingerprint density at radius 1 is 0.606 bits per heavy atom. The van der Waals surface area contributed by atoms with E-state index in [1.165, 1.54) is 6.07 Å². The predicted octanol–water partition coefficient (Wildman–Crippen LogP) is 2.13. The van der Waals surface area contributed by atoms with Crippen molar-refractivity contribution in [1.29, 1.82) is 0 Å². The van der Waals surface area contributed by atoms with Gasteiger partial charge in [0.15, 0.2) is 0 Å². The number of amides is 3. The number of rotatable bonds is 35. The fourth-order valence-corrected chi connectivity index (χ4v) is 7.61. The van der Waals surface area contributed by atoms with Crippen LogP contribution in [0.5, 0.6) is 11.5 Å². The third kappa shape index (κ3) is 23.6. The van der Waals surface area contributed by atoms with Crippen molar-refractivity contribution < 1.29 is 79.2 Å². The van der Waals surface area contributed by atoms with Crippen molar-refractivity contribution in [2.45, 2.75) is 103 Å². The fourth-order valence-electron chi connectivity index (χ4n) is 6.87. The average molecular weight is 1040 g/mol. The van der Waals surface area contributed by atoms with Gasteiger partial charge >= 0.3 is 29.8 Å². The smallest absolute Gasteiger partial charge is 0.326 e. The number of benzene rings is 2. The molecule has 3 amide bonds. The zero-order chi connectivity index (χ0) is 49.2. The van der Waals surface area contributed by atoms with E-state index >= 15 is 0 Å². The van der Waals surface area contributed by atoms with Crippen LogP contribution in [0, 0.1) is 9.49 Å². The Hall–Kier alpha value is -5.59. The maximum absolute atomic E-state index is 12.7. The molecule has 21 nitrogen and oxygen atoms in total. The number of carbonyl (C=O) groups is 8. The number of phenols is 2. The Labute approximate surface area is 395 Å².